The molecular formula is C25H25N3O3. The molecule has 0 aromatic heterocycles. The van der Waals surface area contributed by atoms with Crippen molar-refractivity contribution in [1.82, 2.24) is 5.32 Å². The molecule has 1 heterocycles. The van der Waals surface area contributed by atoms with E-state index in [2.05, 4.69) is 10.6 Å². The first-order valence-electron chi connectivity index (χ1n) is 10.3. The second kappa shape index (κ2) is 9.34. The van der Waals surface area contributed by atoms with E-state index in [-0.39, 0.29) is 5.91 Å². The van der Waals surface area contributed by atoms with Gasteiger partial charge < -0.3 is 20.3 Å². The highest BCUT2D eigenvalue weighted by Crippen LogP contribution is 2.28. The molecule has 0 fully saturated rings. The molecule has 3 amide bonds. The molecule has 1 aliphatic heterocycles. The summed E-state index contributed by atoms with van der Waals surface area (Å²) in [6.07, 6.45) is 1.22. The number of benzene rings is 3. The summed E-state index contributed by atoms with van der Waals surface area (Å²) in [5.74, 6) is 0.526. The molecule has 1 atom stereocenters. The van der Waals surface area contributed by atoms with E-state index in [9.17, 15) is 9.59 Å². The van der Waals surface area contributed by atoms with Crippen LogP contribution in [0.15, 0.2) is 78.9 Å². The molecule has 6 nitrogen and oxygen atoms in total. The van der Waals surface area contributed by atoms with Gasteiger partial charge in [0.05, 0.1) is 7.11 Å². The second-order valence-electron chi connectivity index (χ2n) is 7.44. The van der Waals surface area contributed by atoms with Crippen LogP contribution < -0.4 is 20.3 Å². The fourth-order valence-corrected chi connectivity index (χ4v) is 3.83. The smallest absolute Gasteiger partial charge is 0.319 e. The third kappa shape index (κ3) is 4.86. The Bertz CT molecular complexity index is 1070. The number of ether oxygens (including phenoxy) is 1. The van der Waals surface area contributed by atoms with Gasteiger partial charge in [0.25, 0.3) is 0 Å². The number of amides is 3. The van der Waals surface area contributed by atoms with E-state index in [1.54, 1.807) is 36.3 Å². The number of urea groups is 1. The number of nitrogens with one attached hydrogen (secondary N) is 2. The molecule has 2 N–H and O–H groups in total. The van der Waals surface area contributed by atoms with Gasteiger partial charge in [0.1, 0.15) is 11.8 Å². The minimum absolute atomic E-state index is 0.116. The highest BCUT2D eigenvalue weighted by Gasteiger charge is 2.31. The lowest BCUT2D eigenvalue weighted by molar-refractivity contribution is -0.120. The van der Waals surface area contributed by atoms with Crippen molar-refractivity contribution in [3.8, 4) is 5.75 Å². The van der Waals surface area contributed by atoms with Crippen LogP contribution in [0.3, 0.4) is 0 Å². The molecule has 31 heavy (non-hydrogen) atoms. The summed E-state index contributed by atoms with van der Waals surface area (Å²) in [7, 11) is 1.57. The van der Waals surface area contributed by atoms with Crippen molar-refractivity contribution >= 4 is 23.3 Å². The number of hydrogen-bond acceptors (Lipinski definition) is 3. The first-order valence-corrected chi connectivity index (χ1v) is 10.3. The summed E-state index contributed by atoms with van der Waals surface area (Å²) in [6.45, 7) is 0.614. The minimum atomic E-state index is -0.695. The molecule has 0 aliphatic carbocycles. The van der Waals surface area contributed by atoms with Crippen LogP contribution >= 0.6 is 0 Å². The maximum Gasteiger partial charge on any atom is 0.319 e. The van der Waals surface area contributed by atoms with Gasteiger partial charge in [0.15, 0.2) is 0 Å². The maximum absolute atomic E-state index is 13.5. The van der Waals surface area contributed by atoms with Gasteiger partial charge in [-0.3, -0.25) is 4.79 Å². The number of rotatable bonds is 6. The number of carbonyl (C=O) groups is 2. The summed E-state index contributed by atoms with van der Waals surface area (Å²) in [6, 6.07) is 23.6. The Hall–Kier alpha value is -3.80. The topological polar surface area (TPSA) is 70.7 Å². The van der Waals surface area contributed by atoms with Crippen LogP contribution in [0, 0.1) is 0 Å². The standard InChI is InChI=1S/C25H25N3O3/c1-31-21-12-7-11-20(17-21)26-25(30)27-22(16-18-8-3-2-4-9-18)24(29)28-15-14-19-10-5-6-13-23(19)28/h2-13,17,22H,14-16H2,1H3,(H2,26,27,30)/t22-/m1/s1. The van der Waals surface area contributed by atoms with Gasteiger partial charge in [0, 0.05) is 30.4 Å². The third-order valence-corrected chi connectivity index (χ3v) is 5.37. The first kappa shape index (κ1) is 20.5. The summed E-state index contributed by atoms with van der Waals surface area (Å²) < 4.78 is 5.20. The van der Waals surface area contributed by atoms with E-state index < -0.39 is 12.1 Å². The van der Waals surface area contributed by atoms with E-state index in [1.165, 1.54) is 0 Å². The number of para-hydroxylation sites is 1. The van der Waals surface area contributed by atoms with Crippen LogP contribution in [0.1, 0.15) is 11.1 Å². The van der Waals surface area contributed by atoms with Crippen molar-refractivity contribution in [2.45, 2.75) is 18.9 Å². The van der Waals surface area contributed by atoms with Crippen molar-refractivity contribution in [2.24, 2.45) is 0 Å². The quantitative estimate of drug-likeness (QED) is 0.639. The van der Waals surface area contributed by atoms with Gasteiger partial charge >= 0.3 is 6.03 Å². The molecule has 0 unspecified atom stereocenters. The highest BCUT2D eigenvalue weighted by atomic mass is 16.5. The predicted molar refractivity (Wildman–Crippen MR) is 122 cm³/mol. The Morgan fingerprint density at radius 2 is 1.77 bits per heavy atom. The zero-order chi connectivity index (χ0) is 21.6. The number of fused-ring (bicyclic) bond motifs is 1. The van der Waals surface area contributed by atoms with E-state index in [4.69, 9.17) is 4.74 Å². The van der Waals surface area contributed by atoms with Crippen LogP contribution in [0.5, 0.6) is 5.75 Å². The number of methoxy groups -OCH3 is 1. The van der Waals surface area contributed by atoms with Gasteiger partial charge in [-0.2, -0.15) is 0 Å². The largest absolute Gasteiger partial charge is 0.497 e. The van der Waals surface area contributed by atoms with Gasteiger partial charge in [0.2, 0.25) is 5.91 Å². The Morgan fingerprint density at radius 1 is 1.00 bits per heavy atom. The number of anilines is 2. The lowest BCUT2D eigenvalue weighted by Crippen LogP contribution is -2.50. The molecular weight excluding hydrogens is 390 g/mol. The molecule has 6 heteroatoms. The third-order valence-electron chi connectivity index (χ3n) is 5.37. The average molecular weight is 415 g/mol. The van der Waals surface area contributed by atoms with E-state index in [1.807, 2.05) is 54.6 Å². The minimum Gasteiger partial charge on any atom is -0.497 e. The van der Waals surface area contributed by atoms with E-state index in [0.717, 1.165) is 23.2 Å². The molecule has 3 aromatic carbocycles. The second-order valence-corrected chi connectivity index (χ2v) is 7.44. The highest BCUT2D eigenvalue weighted by molar-refractivity contribution is 6.02. The van der Waals surface area contributed by atoms with Crippen LogP contribution in [0.25, 0.3) is 0 Å². The Balaban J connectivity index is 1.53. The van der Waals surface area contributed by atoms with Crippen molar-refractivity contribution in [3.63, 3.8) is 0 Å². The van der Waals surface area contributed by atoms with E-state index in [0.29, 0.717) is 24.4 Å². The number of carbonyl (C=O) groups excluding carboxylic acids is 2. The maximum atomic E-state index is 13.5. The van der Waals surface area contributed by atoms with Crippen LogP contribution in [-0.2, 0) is 17.6 Å². The van der Waals surface area contributed by atoms with Gasteiger partial charge in [-0.1, -0.05) is 54.6 Å². The van der Waals surface area contributed by atoms with Crippen LogP contribution in [0.2, 0.25) is 0 Å². The van der Waals surface area contributed by atoms with Crippen molar-refractivity contribution in [3.05, 3.63) is 90.0 Å². The van der Waals surface area contributed by atoms with Crippen molar-refractivity contribution in [2.75, 3.05) is 23.9 Å². The average Bonchev–Trinajstić information content (AvgIpc) is 3.23. The molecule has 0 saturated carbocycles. The summed E-state index contributed by atoms with van der Waals surface area (Å²) in [5.41, 5.74) is 3.64. The molecule has 0 spiro atoms. The fourth-order valence-electron chi connectivity index (χ4n) is 3.83. The monoisotopic (exact) mass is 415 g/mol. The van der Waals surface area contributed by atoms with Crippen LogP contribution in [-0.4, -0.2) is 31.6 Å². The Labute approximate surface area is 181 Å². The molecule has 3 aromatic rings. The summed E-state index contributed by atoms with van der Waals surface area (Å²) in [5, 5.41) is 5.67. The lowest BCUT2D eigenvalue weighted by Gasteiger charge is -2.25. The SMILES string of the molecule is COc1cccc(NC(=O)N[C@H](Cc2ccccc2)C(=O)N2CCc3ccccc32)c1. The molecule has 0 radical (unpaired) electrons. The van der Waals surface area contributed by atoms with Gasteiger partial charge in [-0.25, -0.2) is 4.79 Å². The molecule has 0 bridgehead atoms. The van der Waals surface area contributed by atoms with Crippen molar-refractivity contribution < 1.29 is 14.3 Å². The summed E-state index contributed by atoms with van der Waals surface area (Å²) in [4.78, 5) is 28.0. The van der Waals surface area contributed by atoms with Crippen LogP contribution in [0.4, 0.5) is 16.2 Å². The molecule has 0 saturated heterocycles. The van der Waals surface area contributed by atoms with Gasteiger partial charge in [-0.15, -0.1) is 0 Å². The predicted octanol–water partition coefficient (Wildman–Crippen LogP) is 4.02. The Morgan fingerprint density at radius 3 is 2.58 bits per heavy atom. The molecule has 4 rings (SSSR count). The van der Waals surface area contributed by atoms with Gasteiger partial charge in [-0.05, 0) is 35.7 Å². The molecule has 158 valence electrons. The normalized spacial score (nSPS) is 13.3. The molecule has 1 aliphatic rings. The van der Waals surface area contributed by atoms with E-state index >= 15 is 0 Å². The number of hydrogen-bond donors (Lipinski definition) is 2. The summed E-state index contributed by atoms with van der Waals surface area (Å²) >= 11 is 0. The Kier molecular flexibility index (Phi) is 6.17. The lowest BCUT2D eigenvalue weighted by atomic mass is 10.0. The number of nitrogens with zero attached hydrogens (tertiary/aromatic N) is 1. The zero-order valence-corrected chi connectivity index (χ0v) is 17.4. The zero-order valence-electron chi connectivity index (χ0n) is 17.4. The first-order chi connectivity index (χ1) is 15.1. The fraction of sp³-hybridized carbons (Fsp3) is 0.200. The van der Waals surface area contributed by atoms with Crippen molar-refractivity contribution in [1.29, 1.82) is 0 Å².